The van der Waals surface area contributed by atoms with E-state index in [9.17, 15) is 4.79 Å². The van der Waals surface area contributed by atoms with Crippen LogP contribution in [0.3, 0.4) is 0 Å². The number of halogens is 1. The number of carbonyl (C=O) groups excluding carboxylic acids is 1. The van der Waals surface area contributed by atoms with E-state index in [2.05, 4.69) is 21.2 Å². The summed E-state index contributed by atoms with van der Waals surface area (Å²) in [6.07, 6.45) is 0. The van der Waals surface area contributed by atoms with Gasteiger partial charge in [0, 0.05) is 21.8 Å². The van der Waals surface area contributed by atoms with Gasteiger partial charge in [-0.2, -0.15) is 0 Å². The Morgan fingerprint density at radius 3 is 2.71 bits per heavy atom. The largest absolute Gasteiger partial charge is 0.319 e. The van der Waals surface area contributed by atoms with E-state index < -0.39 is 0 Å². The lowest BCUT2D eigenvalue weighted by Crippen LogP contribution is -2.34. The van der Waals surface area contributed by atoms with Crippen LogP contribution in [0.2, 0.25) is 0 Å². The van der Waals surface area contributed by atoms with E-state index in [0.717, 1.165) is 9.35 Å². The van der Waals surface area contributed by atoms with Crippen LogP contribution in [0.25, 0.3) is 0 Å². The Hall–Kier alpha value is -0.190. The zero-order chi connectivity index (χ0) is 10.8. The third-order valence-electron chi connectivity index (χ3n) is 2.02. The average Bonchev–Trinajstić information content (AvgIpc) is 2.50. The molecule has 0 spiro atoms. The van der Waals surface area contributed by atoms with Crippen LogP contribution < -0.4 is 5.32 Å². The van der Waals surface area contributed by atoms with Crippen molar-refractivity contribution in [3.63, 3.8) is 0 Å². The molecule has 0 atom stereocenters. The fraction of sp³-hybridized carbons (Fsp3) is 0.500. The molecule has 1 aromatic rings. The van der Waals surface area contributed by atoms with Gasteiger partial charge in [0.1, 0.15) is 0 Å². The number of ketones is 1. The minimum atomic E-state index is -0.334. The van der Waals surface area contributed by atoms with Gasteiger partial charge in [-0.3, -0.25) is 4.79 Å². The van der Waals surface area contributed by atoms with Crippen LogP contribution >= 0.6 is 27.3 Å². The minimum absolute atomic E-state index is 0.197. The molecule has 0 aliphatic rings. The number of rotatable bonds is 4. The lowest BCUT2D eigenvalue weighted by molar-refractivity contribution is 0.0843. The van der Waals surface area contributed by atoms with Crippen molar-refractivity contribution >= 4 is 33.0 Å². The van der Waals surface area contributed by atoms with Gasteiger partial charge >= 0.3 is 0 Å². The maximum atomic E-state index is 12.0. The summed E-state index contributed by atoms with van der Waals surface area (Å²) < 4.78 is 0.978. The second-order valence-corrected chi connectivity index (χ2v) is 5.70. The molecule has 0 fully saturated rings. The van der Waals surface area contributed by atoms with Crippen LogP contribution in [0.4, 0.5) is 0 Å². The van der Waals surface area contributed by atoms with E-state index in [1.165, 1.54) is 11.3 Å². The Morgan fingerprint density at radius 1 is 1.64 bits per heavy atom. The summed E-state index contributed by atoms with van der Waals surface area (Å²) in [4.78, 5) is 12.8. The van der Waals surface area contributed by atoms with Gasteiger partial charge in [-0.25, -0.2) is 0 Å². The van der Waals surface area contributed by atoms with Crippen molar-refractivity contribution in [3.05, 3.63) is 20.8 Å². The molecule has 0 bridgehead atoms. The van der Waals surface area contributed by atoms with E-state index in [1.54, 1.807) is 0 Å². The van der Waals surface area contributed by atoms with Crippen LogP contribution in [-0.2, 0) is 0 Å². The van der Waals surface area contributed by atoms with E-state index in [4.69, 9.17) is 0 Å². The molecule has 0 aliphatic heterocycles. The molecule has 0 saturated carbocycles. The van der Waals surface area contributed by atoms with Crippen LogP contribution in [0.15, 0.2) is 15.9 Å². The second kappa shape index (κ2) is 4.55. The molecule has 0 radical (unpaired) electrons. The lowest BCUT2D eigenvalue weighted by Gasteiger charge is -2.21. The van der Waals surface area contributed by atoms with Crippen LogP contribution in [0.1, 0.15) is 23.5 Å². The predicted molar refractivity (Wildman–Crippen MR) is 64.1 cm³/mol. The quantitative estimate of drug-likeness (QED) is 0.857. The highest BCUT2D eigenvalue weighted by Crippen LogP contribution is 2.27. The van der Waals surface area contributed by atoms with Crippen LogP contribution in [-0.4, -0.2) is 19.4 Å². The first-order valence-electron chi connectivity index (χ1n) is 4.41. The SMILES string of the molecule is CNCC(C)(C)C(=O)c1cc(Br)cs1. The van der Waals surface area contributed by atoms with E-state index >= 15 is 0 Å². The maximum absolute atomic E-state index is 12.0. The summed E-state index contributed by atoms with van der Waals surface area (Å²) >= 11 is 4.83. The summed E-state index contributed by atoms with van der Waals surface area (Å²) in [5.74, 6) is 0.197. The van der Waals surface area contributed by atoms with Crippen molar-refractivity contribution < 1.29 is 4.79 Å². The number of carbonyl (C=O) groups is 1. The third kappa shape index (κ3) is 2.65. The topological polar surface area (TPSA) is 29.1 Å². The Morgan fingerprint density at radius 2 is 2.29 bits per heavy atom. The summed E-state index contributed by atoms with van der Waals surface area (Å²) in [5.41, 5.74) is -0.334. The zero-order valence-corrected chi connectivity index (χ0v) is 11.0. The molecule has 78 valence electrons. The summed E-state index contributed by atoms with van der Waals surface area (Å²) in [5, 5.41) is 4.97. The van der Waals surface area contributed by atoms with Gasteiger partial charge in [0.05, 0.1) is 4.88 Å². The van der Waals surface area contributed by atoms with Gasteiger partial charge in [0.25, 0.3) is 0 Å². The van der Waals surface area contributed by atoms with Crippen molar-refractivity contribution in [2.75, 3.05) is 13.6 Å². The van der Waals surface area contributed by atoms with Crippen molar-refractivity contribution in [1.29, 1.82) is 0 Å². The first-order valence-corrected chi connectivity index (χ1v) is 6.08. The smallest absolute Gasteiger partial charge is 0.179 e. The van der Waals surface area contributed by atoms with E-state index in [0.29, 0.717) is 6.54 Å². The molecule has 1 aromatic heterocycles. The average molecular weight is 276 g/mol. The zero-order valence-electron chi connectivity index (χ0n) is 8.56. The highest BCUT2D eigenvalue weighted by molar-refractivity contribution is 9.10. The van der Waals surface area contributed by atoms with Gasteiger partial charge in [-0.05, 0) is 29.0 Å². The van der Waals surface area contributed by atoms with E-state index in [1.807, 2.05) is 32.3 Å². The van der Waals surface area contributed by atoms with Gasteiger partial charge in [-0.15, -0.1) is 11.3 Å². The van der Waals surface area contributed by atoms with Crippen LogP contribution in [0, 0.1) is 5.41 Å². The molecule has 2 nitrogen and oxygen atoms in total. The van der Waals surface area contributed by atoms with Crippen molar-refractivity contribution in [2.45, 2.75) is 13.8 Å². The van der Waals surface area contributed by atoms with E-state index in [-0.39, 0.29) is 11.2 Å². The predicted octanol–water partition coefficient (Wildman–Crippen LogP) is 2.94. The maximum Gasteiger partial charge on any atom is 0.179 e. The molecular formula is C10H14BrNOS. The lowest BCUT2D eigenvalue weighted by atomic mass is 9.87. The molecule has 14 heavy (non-hydrogen) atoms. The number of nitrogens with one attached hydrogen (secondary N) is 1. The number of Topliss-reactive ketones (excluding diaryl/α,β-unsaturated/α-hetero) is 1. The monoisotopic (exact) mass is 275 g/mol. The molecule has 0 aromatic carbocycles. The summed E-state index contributed by atoms with van der Waals surface area (Å²) in [6.45, 7) is 4.61. The summed E-state index contributed by atoms with van der Waals surface area (Å²) in [6, 6.07) is 1.88. The number of thiophene rings is 1. The Labute approximate surface area is 96.8 Å². The van der Waals surface area contributed by atoms with Crippen LogP contribution in [0.5, 0.6) is 0 Å². The van der Waals surface area contributed by atoms with Gasteiger partial charge < -0.3 is 5.32 Å². The molecule has 0 amide bonds. The first-order chi connectivity index (χ1) is 6.47. The Kier molecular flexibility index (Phi) is 3.86. The molecular weight excluding hydrogens is 262 g/mol. The fourth-order valence-corrected chi connectivity index (χ4v) is 2.83. The molecule has 0 aliphatic carbocycles. The molecule has 4 heteroatoms. The van der Waals surface area contributed by atoms with Gasteiger partial charge in [0.2, 0.25) is 0 Å². The molecule has 0 unspecified atom stereocenters. The van der Waals surface area contributed by atoms with Crippen molar-refractivity contribution in [3.8, 4) is 0 Å². The third-order valence-corrected chi connectivity index (χ3v) is 3.71. The highest BCUT2D eigenvalue weighted by Gasteiger charge is 2.28. The molecule has 1 heterocycles. The highest BCUT2D eigenvalue weighted by atomic mass is 79.9. The van der Waals surface area contributed by atoms with Crippen molar-refractivity contribution in [2.24, 2.45) is 5.41 Å². The second-order valence-electron chi connectivity index (χ2n) is 3.87. The molecule has 1 N–H and O–H groups in total. The molecule has 1 rings (SSSR count). The standard InChI is InChI=1S/C10H14BrNOS/c1-10(2,6-12-3)9(13)8-4-7(11)5-14-8/h4-5,12H,6H2,1-3H3. The minimum Gasteiger partial charge on any atom is -0.319 e. The Balaban J connectivity index is 2.84. The normalized spacial score (nSPS) is 11.7. The van der Waals surface area contributed by atoms with Crippen molar-refractivity contribution in [1.82, 2.24) is 5.32 Å². The molecule has 0 saturated heterocycles. The summed E-state index contributed by atoms with van der Waals surface area (Å²) in [7, 11) is 1.86. The number of hydrogen-bond donors (Lipinski definition) is 1. The Bertz CT molecular complexity index is 333. The van der Waals surface area contributed by atoms with Gasteiger partial charge in [-0.1, -0.05) is 13.8 Å². The first kappa shape index (κ1) is 11.9. The fourth-order valence-electron chi connectivity index (χ4n) is 1.29. The van der Waals surface area contributed by atoms with Gasteiger partial charge in [0.15, 0.2) is 5.78 Å². The number of hydrogen-bond acceptors (Lipinski definition) is 3.